The summed E-state index contributed by atoms with van der Waals surface area (Å²) in [5.41, 5.74) is 9.17. The van der Waals surface area contributed by atoms with Gasteiger partial charge in [-0.25, -0.2) is 4.98 Å². The summed E-state index contributed by atoms with van der Waals surface area (Å²) in [6, 6.07) is 17.8. The standard InChI is InChI=1S/C30H36N6O3/c1-20(22-7-5-4-6-8-22)17-25(37)35-15-13-30(39,14-16-35)18-36-19-32-26-27(29(36)38)33-34(3)28(26)24-11-9-23(10-12-24)21(2)31/h4-12,19-21,39H,13-18,31H2,1-3H3/t20-,21+/m1/s1. The monoisotopic (exact) mass is 528 g/mol. The molecule has 4 aromatic rings. The summed E-state index contributed by atoms with van der Waals surface area (Å²) in [5, 5.41) is 15.8. The molecule has 9 nitrogen and oxygen atoms in total. The second kappa shape index (κ2) is 10.7. The van der Waals surface area contributed by atoms with E-state index in [4.69, 9.17) is 5.73 Å². The molecule has 1 aliphatic heterocycles. The van der Waals surface area contributed by atoms with Crippen molar-refractivity contribution < 1.29 is 9.90 Å². The number of hydrogen-bond donors (Lipinski definition) is 2. The first kappa shape index (κ1) is 26.8. The molecule has 0 saturated carbocycles. The lowest BCUT2D eigenvalue weighted by atomic mass is 9.90. The summed E-state index contributed by atoms with van der Waals surface area (Å²) in [6.07, 6.45) is 2.70. The third-order valence-electron chi connectivity index (χ3n) is 7.88. The van der Waals surface area contributed by atoms with Gasteiger partial charge in [-0.2, -0.15) is 5.10 Å². The third-order valence-corrected chi connectivity index (χ3v) is 7.88. The normalized spacial score (nSPS) is 16.8. The van der Waals surface area contributed by atoms with E-state index < -0.39 is 5.60 Å². The van der Waals surface area contributed by atoms with Gasteiger partial charge in [0.05, 0.1) is 24.2 Å². The Hall–Kier alpha value is -3.82. The van der Waals surface area contributed by atoms with Crippen LogP contribution in [0.2, 0.25) is 0 Å². The fourth-order valence-corrected chi connectivity index (χ4v) is 5.41. The van der Waals surface area contributed by atoms with Crippen LogP contribution >= 0.6 is 0 Å². The first-order valence-corrected chi connectivity index (χ1v) is 13.5. The zero-order chi connectivity index (χ0) is 27.7. The Morgan fingerprint density at radius 3 is 2.33 bits per heavy atom. The molecule has 0 aliphatic carbocycles. The Kier molecular flexibility index (Phi) is 7.38. The van der Waals surface area contributed by atoms with Crippen LogP contribution in [0, 0.1) is 0 Å². The molecule has 3 heterocycles. The van der Waals surface area contributed by atoms with Gasteiger partial charge >= 0.3 is 0 Å². The van der Waals surface area contributed by atoms with Gasteiger partial charge in [0.2, 0.25) is 5.91 Å². The van der Waals surface area contributed by atoms with Crippen LogP contribution in [0.15, 0.2) is 65.7 Å². The van der Waals surface area contributed by atoms with Crippen LogP contribution in [0.5, 0.6) is 0 Å². The van der Waals surface area contributed by atoms with Gasteiger partial charge in [0, 0.05) is 38.2 Å². The van der Waals surface area contributed by atoms with Gasteiger partial charge in [0.15, 0.2) is 5.52 Å². The molecule has 1 aliphatic rings. The van der Waals surface area contributed by atoms with Crippen LogP contribution in [-0.4, -0.2) is 53.9 Å². The third kappa shape index (κ3) is 5.51. The topological polar surface area (TPSA) is 119 Å². The Morgan fingerprint density at radius 2 is 1.69 bits per heavy atom. The number of piperidine rings is 1. The number of aromatic nitrogens is 4. The number of benzene rings is 2. The molecule has 1 fully saturated rings. The molecule has 0 unspecified atom stereocenters. The molecule has 3 N–H and O–H groups in total. The molecule has 0 spiro atoms. The lowest BCUT2D eigenvalue weighted by Gasteiger charge is -2.38. The van der Waals surface area contributed by atoms with E-state index in [-0.39, 0.29) is 35.5 Å². The predicted octanol–water partition coefficient (Wildman–Crippen LogP) is 3.36. The van der Waals surface area contributed by atoms with E-state index in [0.717, 1.165) is 22.4 Å². The Morgan fingerprint density at radius 1 is 1.03 bits per heavy atom. The molecule has 2 aromatic heterocycles. The number of hydrogen-bond acceptors (Lipinski definition) is 6. The summed E-state index contributed by atoms with van der Waals surface area (Å²) >= 11 is 0. The maximum Gasteiger partial charge on any atom is 0.281 e. The van der Waals surface area contributed by atoms with Crippen LogP contribution in [0.4, 0.5) is 0 Å². The molecular formula is C30H36N6O3. The smallest absolute Gasteiger partial charge is 0.281 e. The number of fused-ring (bicyclic) bond motifs is 1. The average Bonchev–Trinajstić information content (AvgIpc) is 3.27. The summed E-state index contributed by atoms with van der Waals surface area (Å²) < 4.78 is 3.10. The Bertz CT molecular complexity index is 1520. The van der Waals surface area contributed by atoms with Crippen LogP contribution in [0.3, 0.4) is 0 Å². The van der Waals surface area contributed by atoms with E-state index in [1.54, 1.807) is 11.7 Å². The zero-order valence-electron chi connectivity index (χ0n) is 22.7. The van der Waals surface area contributed by atoms with Crippen molar-refractivity contribution in [3.8, 4) is 11.3 Å². The number of aliphatic hydroxyl groups is 1. The molecule has 2 atom stereocenters. The molecule has 0 radical (unpaired) electrons. The van der Waals surface area contributed by atoms with Crippen LogP contribution < -0.4 is 11.3 Å². The Balaban J connectivity index is 1.28. The highest BCUT2D eigenvalue weighted by Crippen LogP contribution is 2.28. The molecule has 1 amide bonds. The maximum absolute atomic E-state index is 13.4. The van der Waals surface area contributed by atoms with E-state index in [1.807, 2.05) is 66.4 Å². The molecule has 2 aromatic carbocycles. The second-order valence-corrected chi connectivity index (χ2v) is 10.9. The highest BCUT2D eigenvalue weighted by atomic mass is 16.3. The van der Waals surface area contributed by atoms with Crippen molar-refractivity contribution in [2.45, 2.75) is 57.2 Å². The van der Waals surface area contributed by atoms with Crippen molar-refractivity contribution in [1.29, 1.82) is 0 Å². The molecule has 9 heteroatoms. The minimum absolute atomic E-state index is 0.0682. The molecule has 204 valence electrons. The SMILES string of the molecule is C[C@H](N)c1ccc(-c2c3ncn(CC4(O)CCN(C(=O)C[C@@H](C)c5ccccc5)CC4)c(=O)c3nn2C)cc1. The van der Waals surface area contributed by atoms with Crippen molar-refractivity contribution in [3.63, 3.8) is 0 Å². The molecular weight excluding hydrogens is 492 g/mol. The lowest BCUT2D eigenvalue weighted by molar-refractivity contribution is -0.136. The van der Waals surface area contributed by atoms with Crippen LogP contribution in [0.25, 0.3) is 22.3 Å². The number of aryl methyl sites for hydroxylation is 1. The minimum atomic E-state index is -1.10. The van der Waals surface area contributed by atoms with E-state index in [9.17, 15) is 14.7 Å². The van der Waals surface area contributed by atoms with Gasteiger partial charge < -0.3 is 15.7 Å². The van der Waals surface area contributed by atoms with E-state index in [0.29, 0.717) is 37.9 Å². The summed E-state index contributed by atoms with van der Waals surface area (Å²) in [4.78, 5) is 32.7. The summed E-state index contributed by atoms with van der Waals surface area (Å²) in [6.45, 7) is 4.99. The molecule has 39 heavy (non-hydrogen) atoms. The van der Waals surface area contributed by atoms with Gasteiger partial charge in [0.1, 0.15) is 5.52 Å². The number of nitrogens with zero attached hydrogens (tertiary/aromatic N) is 5. The van der Waals surface area contributed by atoms with E-state index in [2.05, 4.69) is 17.0 Å². The first-order chi connectivity index (χ1) is 18.6. The molecule has 5 rings (SSSR count). The largest absolute Gasteiger partial charge is 0.388 e. The van der Waals surface area contributed by atoms with Gasteiger partial charge in [-0.15, -0.1) is 0 Å². The number of rotatable bonds is 7. The number of carbonyl (C=O) groups is 1. The lowest BCUT2D eigenvalue weighted by Crippen LogP contribution is -2.49. The predicted molar refractivity (Wildman–Crippen MR) is 151 cm³/mol. The number of likely N-dealkylation sites (tertiary alicyclic amines) is 1. The fourth-order valence-electron chi connectivity index (χ4n) is 5.41. The summed E-state index contributed by atoms with van der Waals surface area (Å²) in [7, 11) is 1.79. The number of amides is 1. The quantitative estimate of drug-likeness (QED) is 0.380. The fraction of sp³-hybridized carbons (Fsp3) is 0.400. The van der Waals surface area contributed by atoms with Crippen LogP contribution in [-0.2, 0) is 18.4 Å². The second-order valence-electron chi connectivity index (χ2n) is 10.9. The number of nitrogens with two attached hydrogens (primary N) is 1. The highest BCUT2D eigenvalue weighted by molar-refractivity contribution is 5.89. The van der Waals surface area contributed by atoms with E-state index in [1.165, 1.54) is 10.9 Å². The number of carbonyl (C=O) groups excluding carboxylic acids is 1. The van der Waals surface area contributed by atoms with Gasteiger partial charge in [-0.1, -0.05) is 61.5 Å². The highest BCUT2D eigenvalue weighted by Gasteiger charge is 2.35. The van der Waals surface area contributed by atoms with Crippen molar-refractivity contribution in [2.75, 3.05) is 13.1 Å². The maximum atomic E-state index is 13.4. The van der Waals surface area contributed by atoms with E-state index >= 15 is 0 Å². The van der Waals surface area contributed by atoms with Crippen molar-refractivity contribution in [3.05, 3.63) is 82.4 Å². The van der Waals surface area contributed by atoms with Crippen molar-refractivity contribution >= 4 is 16.9 Å². The zero-order valence-corrected chi connectivity index (χ0v) is 22.7. The summed E-state index contributed by atoms with van der Waals surface area (Å²) in [5.74, 6) is 0.213. The molecule has 0 bridgehead atoms. The molecule has 1 saturated heterocycles. The van der Waals surface area contributed by atoms with Gasteiger partial charge in [0.25, 0.3) is 5.56 Å². The van der Waals surface area contributed by atoms with Crippen molar-refractivity contribution in [1.82, 2.24) is 24.2 Å². The van der Waals surface area contributed by atoms with Gasteiger partial charge in [-0.05, 0) is 36.8 Å². The van der Waals surface area contributed by atoms with Crippen molar-refractivity contribution in [2.24, 2.45) is 12.8 Å². The Labute approximate surface area is 227 Å². The van der Waals surface area contributed by atoms with Gasteiger partial charge in [-0.3, -0.25) is 18.8 Å². The van der Waals surface area contributed by atoms with Crippen LogP contribution in [0.1, 0.15) is 56.2 Å². The minimum Gasteiger partial charge on any atom is -0.388 e. The average molecular weight is 529 g/mol. The first-order valence-electron chi connectivity index (χ1n) is 13.5.